The number of carbonyl (C=O) groups is 1. The SMILES string of the molecule is COc1ccc([Si](C)(C)[C@H]2[C@H](CCn3cc(C(CO)c4ccccc4)nn3)O[C@@]3(C(=O)N(Cc4ccc(-n5cccc(OC)c5=O)cc4)c4ccc(Br)cc43)[C@@H]2C)cc1. The van der Waals surface area contributed by atoms with Gasteiger partial charge in [-0.25, -0.2) is 0 Å². The van der Waals surface area contributed by atoms with Crippen molar-refractivity contribution in [3.05, 3.63) is 159 Å². The second-order valence-electron chi connectivity index (χ2n) is 16.0. The number of ether oxygens (including phenoxy) is 3. The summed E-state index contributed by atoms with van der Waals surface area (Å²) in [6.07, 6.45) is 3.93. The summed E-state index contributed by atoms with van der Waals surface area (Å²) in [4.78, 5) is 30.2. The Labute approximate surface area is 353 Å². The van der Waals surface area contributed by atoms with Crippen molar-refractivity contribution in [1.29, 1.82) is 0 Å². The first-order chi connectivity index (χ1) is 28.5. The molecule has 2 aliphatic heterocycles. The number of pyridine rings is 1. The van der Waals surface area contributed by atoms with Gasteiger partial charge in [0.1, 0.15) is 5.75 Å². The Kier molecular flexibility index (Phi) is 11.2. The molecule has 2 aliphatic rings. The number of fused-ring (bicyclic) bond motifs is 2. The molecule has 59 heavy (non-hydrogen) atoms. The molecule has 1 N–H and O–H groups in total. The zero-order valence-corrected chi connectivity index (χ0v) is 36.4. The number of methoxy groups -OCH3 is 2. The van der Waals surface area contributed by atoms with Gasteiger partial charge in [-0.2, -0.15) is 0 Å². The van der Waals surface area contributed by atoms with Crippen molar-refractivity contribution in [1.82, 2.24) is 19.6 Å². The number of aryl methyl sites for hydroxylation is 1. The summed E-state index contributed by atoms with van der Waals surface area (Å²) in [5.41, 5.74) is 3.50. The lowest BCUT2D eigenvalue weighted by Gasteiger charge is -2.37. The van der Waals surface area contributed by atoms with Crippen molar-refractivity contribution in [3.8, 4) is 17.2 Å². The summed E-state index contributed by atoms with van der Waals surface area (Å²) in [7, 11) is 0.763. The summed E-state index contributed by atoms with van der Waals surface area (Å²) in [6.45, 7) is 7.69. The van der Waals surface area contributed by atoms with E-state index >= 15 is 4.79 Å². The highest BCUT2D eigenvalue weighted by atomic mass is 79.9. The number of anilines is 1. The zero-order chi connectivity index (χ0) is 41.5. The number of hydrogen-bond acceptors (Lipinski definition) is 8. The molecule has 0 aliphatic carbocycles. The van der Waals surface area contributed by atoms with E-state index in [0.29, 0.717) is 30.9 Å². The van der Waals surface area contributed by atoms with E-state index in [1.807, 2.05) is 101 Å². The predicted octanol–water partition coefficient (Wildman–Crippen LogP) is 7.19. The Balaban J connectivity index is 1.13. The molecule has 0 bridgehead atoms. The minimum atomic E-state index is -2.39. The van der Waals surface area contributed by atoms with Gasteiger partial charge in [-0.1, -0.05) is 101 Å². The number of rotatable bonds is 13. The maximum atomic E-state index is 15.3. The summed E-state index contributed by atoms with van der Waals surface area (Å²) < 4.78 is 22.4. The Morgan fingerprint density at radius 3 is 2.37 bits per heavy atom. The fraction of sp³-hybridized carbons (Fsp3) is 0.304. The molecule has 5 atom stereocenters. The van der Waals surface area contributed by atoms with Gasteiger partial charge in [-0.3, -0.25) is 18.8 Å². The molecule has 8 rings (SSSR count). The van der Waals surface area contributed by atoms with Crippen molar-refractivity contribution in [2.75, 3.05) is 25.7 Å². The van der Waals surface area contributed by atoms with Crippen molar-refractivity contribution in [2.24, 2.45) is 5.92 Å². The van der Waals surface area contributed by atoms with Crippen molar-refractivity contribution in [3.63, 3.8) is 0 Å². The van der Waals surface area contributed by atoms with E-state index in [9.17, 15) is 9.90 Å². The first kappa shape index (κ1) is 40.4. The van der Waals surface area contributed by atoms with Crippen LogP contribution in [0.15, 0.2) is 131 Å². The second kappa shape index (κ2) is 16.4. The summed E-state index contributed by atoms with van der Waals surface area (Å²) in [5, 5.41) is 20.6. The quantitative estimate of drug-likeness (QED) is 0.121. The normalized spacial score (nSPS) is 20.6. The second-order valence-corrected chi connectivity index (χ2v) is 21.6. The molecule has 1 saturated heterocycles. The predicted molar refractivity (Wildman–Crippen MR) is 234 cm³/mol. The molecular formula is C46H48BrN5O6Si. The van der Waals surface area contributed by atoms with Gasteiger partial charge in [0.2, 0.25) is 0 Å². The summed E-state index contributed by atoms with van der Waals surface area (Å²) in [5.74, 6) is 0.493. The largest absolute Gasteiger partial charge is 0.497 e. The van der Waals surface area contributed by atoms with Gasteiger partial charge in [0.25, 0.3) is 11.5 Å². The Hall–Kier alpha value is -5.34. The number of amides is 1. The number of carbonyl (C=O) groups excluding carboxylic acids is 1. The van der Waals surface area contributed by atoms with Crippen LogP contribution in [0.2, 0.25) is 18.6 Å². The zero-order valence-electron chi connectivity index (χ0n) is 33.8. The van der Waals surface area contributed by atoms with Gasteiger partial charge in [0, 0.05) is 40.6 Å². The topological polar surface area (TPSA) is 121 Å². The third-order valence-corrected chi connectivity index (χ3v) is 17.3. The maximum absolute atomic E-state index is 15.3. The fourth-order valence-electron chi connectivity index (χ4n) is 9.39. The van der Waals surface area contributed by atoms with Crippen molar-refractivity contribution < 1.29 is 24.1 Å². The lowest BCUT2D eigenvalue weighted by Crippen LogP contribution is -2.51. The summed E-state index contributed by atoms with van der Waals surface area (Å²) in [6, 6.07) is 35.3. The number of hydrogen-bond donors (Lipinski definition) is 1. The molecule has 11 nitrogen and oxygen atoms in total. The van der Waals surface area contributed by atoms with Crippen LogP contribution in [0.4, 0.5) is 5.69 Å². The fourth-order valence-corrected chi connectivity index (χ4v) is 13.8. The van der Waals surface area contributed by atoms with Gasteiger partial charge in [-0.05, 0) is 77.7 Å². The van der Waals surface area contributed by atoms with Crippen LogP contribution in [0.25, 0.3) is 5.69 Å². The monoisotopic (exact) mass is 873 g/mol. The average molecular weight is 875 g/mol. The van der Waals surface area contributed by atoms with Crippen LogP contribution in [-0.4, -0.2) is 65.6 Å². The Morgan fingerprint density at radius 2 is 1.68 bits per heavy atom. The van der Waals surface area contributed by atoms with Crippen LogP contribution in [0, 0.1) is 5.92 Å². The van der Waals surface area contributed by atoms with Crippen LogP contribution in [0.1, 0.15) is 41.6 Å². The lowest BCUT2D eigenvalue weighted by atomic mass is 9.82. The van der Waals surface area contributed by atoms with Gasteiger partial charge in [-0.15, -0.1) is 5.10 Å². The maximum Gasteiger partial charge on any atom is 0.297 e. The number of nitrogens with zero attached hydrogens (tertiary/aromatic N) is 5. The average Bonchev–Trinajstić information content (AvgIpc) is 3.91. The van der Waals surface area contributed by atoms with Gasteiger partial charge < -0.3 is 24.2 Å². The molecule has 304 valence electrons. The molecule has 2 aromatic heterocycles. The molecule has 1 fully saturated rings. The molecule has 6 aromatic rings. The molecule has 1 spiro atoms. The first-order valence-electron chi connectivity index (χ1n) is 19.8. The minimum Gasteiger partial charge on any atom is -0.497 e. The van der Waals surface area contributed by atoms with Crippen LogP contribution in [-0.2, 0) is 28.2 Å². The van der Waals surface area contributed by atoms with Gasteiger partial charge in [0.15, 0.2) is 11.4 Å². The van der Waals surface area contributed by atoms with Crippen LogP contribution in [0.5, 0.6) is 11.5 Å². The number of aromatic nitrogens is 4. The number of halogens is 1. The molecule has 4 heterocycles. The molecular weight excluding hydrogens is 827 g/mol. The third-order valence-electron chi connectivity index (χ3n) is 12.4. The van der Waals surface area contributed by atoms with Gasteiger partial charge in [0.05, 0.1) is 58.8 Å². The summed E-state index contributed by atoms with van der Waals surface area (Å²) >= 11 is 3.72. The van der Waals surface area contributed by atoms with E-state index in [0.717, 1.165) is 32.6 Å². The van der Waals surface area contributed by atoms with Crippen molar-refractivity contribution >= 4 is 40.8 Å². The lowest BCUT2D eigenvalue weighted by molar-refractivity contribution is -0.146. The highest BCUT2D eigenvalue weighted by Gasteiger charge is 2.66. The van der Waals surface area contributed by atoms with Crippen LogP contribution in [0.3, 0.4) is 0 Å². The van der Waals surface area contributed by atoms with Gasteiger partial charge >= 0.3 is 0 Å². The molecule has 4 aromatic carbocycles. The van der Waals surface area contributed by atoms with E-state index in [2.05, 4.69) is 58.4 Å². The van der Waals surface area contributed by atoms with Crippen LogP contribution < -0.4 is 25.1 Å². The smallest absolute Gasteiger partial charge is 0.297 e. The van der Waals surface area contributed by atoms with Crippen molar-refractivity contribution in [2.45, 2.75) is 62.7 Å². The van der Waals surface area contributed by atoms with Crippen LogP contribution >= 0.6 is 15.9 Å². The van der Waals surface area contributed by atoms with E-state index in [4.69, 9.17) is 14.2 Å². The van der Waals surface area contributed by atoms with E-state index < -0.39 is 13.7 Å². The highest BCUT2D eigenvalue weighted by molar-refractivity contribution is 9.10. The Morgan fingerprint density at radius 1 is 0.932 bits per heavy atom. The molecule has 0 radical (unpaired) electrons. The van der Waals surface area contributed by atoms with E-state index in [-0.39, 0.29) is 47.3 Å². The molecule has 1 unspecified atom stereocenters. The number of aliphatic hydroxyl groups excluding tert-OH is 1. The minimum absolute atomic E-state index is 0.0320. The number of benzene rings is 4. The standard InChI is InChI=1S/C46H48BrN5O6Si/c1-30-43(59(4,5)36-20-18-35(56-2)19-21-36)41(23-25-50-28-39(48-49-50)37(29-53)32-10-7-6-8-11-32)58-46(30)38-26-33(47)15-22-40(38)52(45(46)55)27-31-13-16-34(17-14-31)51-24-9-12-42(57-3)44(51)54/h6-22,24,26,28,30,37,41,43,53H,23,25,27,29H2,1-5H3/t30-,37?,41+,43-,46+/m1/s1. The van der Waals surface area contributed by atoms with E-state index in [1.165, 1.54) is 12.3 Å². The highest BCUT2D eigenvalue weighted by Crippen LogP contribution is 2.60. The molecule has 13 heteroatoms. The third kappa shape index (κ3) is 7.24. The first-order valence-corrected chi connectivity index (χ1v) is 23.7. The Bertz CT molecular complexity index is 2510. The number of aliphatic hydroxyl groups is 1. The van der Waals surface area contributed by atoms with E-state index in [1.54, 1.807) is 30.0 Å². The molecule has 0 saturated carbocycles. The molecule has 1 amide bonds.